The fourth-order valence-corrected chi connectivity index (χ4v) is 11.2. The Kier molecular flexibility index (Phi) is 51.7. The van der Waals surface area contributed by atoms with E-state index >= 15 is 0 Å². The Morgan fingerprint density at radius 3 is 0.833 bits per heavy atom. The van der Waals surface area contributed by atoms with Gasteiger partial charge in [0.25, 0.3) is 0 Å². The van der Waals surface area contributed by atoms with E-state index in [1.54, 1.807) is 35.3 Å². The van der Waals surface area contributed by atoms with Gasteiger partial charge in [-0.25, -0.2) is 0 Å². The van der Waals surface area contributed by atoms with Crippen molar-refractivity contribution in [2.24, 2.45) is 0 Å². The molecule has 0 heterocycles. The first-order valence-corrected chi connectivity index (χ1v) is 30.3. The average Bonchev–Trinajstić information content (AvgIpc) is 3.24. The first kappa shape index (κ1) is 60.0. The molecule has 0 fully saturated rings. The predicted molar refractivity (Wildman–Crippen MR) is 278 cm³/mol. The van der Waals surface area contributed by atoms with Gasteiger partial charge < -0.3 is 10.6 Å². The molecule has 60 heavy (non-hydrogen) atoms. The predicted octanol–water partition coefficient (Wildman–Crippen LogP) is 16.2. The summed E-state index contributed by atoms with van der Waals surface area (Å²) < 4.78 is 0. The van der Waals surface area contributed by atoms with E-state index in [9.17, 15) is 14.4 Å². The molecule has 0 saturated heterocycles. The van der Waals surface area contributed by atoms with Gasteiger partial charge in [0.05, 0.1) is 17.3 Å². The number of amides is 2. The van der Waals surface area contributed by atoms with E-state index in [1.807, 2.05) is 0 Å². The van der Waals surface area contributed by atoms with Crippen LogP contribution in [0.4, 0.5) is 0 Å². The van der Waals surface area contributed by atoms with Crippen LogP contribution in [0.1, 0.15) is 252 Å². The molecule has 0 unspecified atom stereocenters. The van der Waals surface area contributed by atoms with E-state index in [2.05, 4.69) is 31.4 Å². The third kappa shape index (κ3) is 49.0. The van der Waals surface area contributed by atoms with E-state index in [0.717, 1.165) is 17.3 Å². The van der Waals surface area contributed by atoms with Gasteiger partial charge in [0, 0.05) is 18.3 Å². The van der Waals surface area contributed by atoms with E-state index in [4.69, 9.17) is 0 Å². The molecule has 5 nitrogen and oxygen atoms in total. The van der Waals surface area contributed by atoms with Crippen molar-refractivity contribution in [1.82, 2.24) is 10.6 Å². The lowest BCUT2D eigenvalue weighted by Gasteiger charge is -2.17. The standard InChI is InChI=1S/C51H100N2O3S4/c1-4-7-10-13-16-19-22-25-28-31-34-37-40-57-45-49(54)52-43-48(60-51(56)47-59-42-39-36-33-30-27-24-21-18-15-12-9-6-3)44-53-50(55)46-58-41-38-35-32-29-26-23-20-17-14-11-8-5-2/h48H,4-47H2,1-3H3,(H,52,54)(H,53,55). The van der Waals surface area contributed by atoms with Crippen LogP contribution >= 0.6 is 47.0 Å². The fraction of sp³-hybridized carbons (Fsp3) is 0.941. The maximum absolute atomic E-state index is 13.0. The molecular weight excluding hydrogens is 817 g/mol. The number of carbonyl (C=O) groups is 3. The topological polar surface area (TPSA) is 75.3 Å². The molecule has 2 N–H and O–H groups in total. The summed E-state index contributed by atoms with van der Waals surface area (Å²) in [5, 5.41) is 6.16. The van der Waals surface area contributed by atoms with E-state index in [0.29, 0.717) is 30.3 Å². The first-order valence-electron chi connectivity index (χ1n) is 26.0. The molecule has 0 bridgehead atoms. The lowest BCUT2D eigenvalue weighted by Crippen LogP contribution is -2.40. The number of unbranched alkanes of at least 4 members (excludes halogenated alkanes) is 33. The molecule has 0 spiro atoms. The third-order valence-corrected chi connectivity index (χ3v) is 15.9. The molecule has 0 aromatic carbocycles. The summed E-state index contributed by atoms with van der Waals surface area (Å²) in [6.45, 7) is 7.65. The van der Waals surface area contributed by atoms with Crippen LogP contribution in [0.3, 0.4) is 0 Å². The van der Waals surface area contributed by atoms with E-state index < -0.39 is 0 Å². The van der Waals surface area contributed by atoms with Gasteiger partial charge in [-0.05, 0) is 36.5 Å². The van der Waals surface area contributed by atoms with Gasteiger partial charge in [-0.1, -0.05) is 244 Å². The van der Waals surface area contributed by atoms with Crippen molar-refractivity contribution in [3.63, 3.8) is 0 Å². The van der Waals surface area contributed by atoms with E-state index in [-0.39, 0.29) is 22.2 Å². The second-order valence-corrected chi connectivity index (χ2v) is 22.2. The second-order valence-electron chi connectivity index (χ2n) is 17.5. The van der Waals surface area contributed by atoms with Gasteiger partial charge in [0.15, 0.2) is 5.12 Å². The molecule has 0 aliphatic rings. The second kappa shape index (κ2) is 51.6. The number of rotatable bonds is 50. The Morgan fingerprint density at radius 2 is 0.567 bits per heavy atom. The average molecular weight is 918 g/mol. The van der Waals surface area contributed by atoms with Crippen LogP contribution in [0.25, 0.3) is 0 Å². The Labute approximate surface area is 391 Å². The van der Waals surface area contributed by atoms with Crippen molar-refractivity contribution in [3.05, 3.63) is 0 Å². The Hall–Kier alpha value is 0.01000. The number of thioether (sulfide) groups is 4. The molecule has 356 valence electrons. The van der Waals surface area contributed by atoms with Crippen molar-refractivity contribution in [2.45, 2.75) is 257 Å². The maximum Gasteiger partial charge on any atom is 0.230 e. The highest BCUT2D eigenvalue weighted by atomic mass is 32.2. The quantitative estimate of drug-likeness (QED) is 0.0589. The third-order valence-electron chi connectivity index (χ3n) is 11.5. The van der Waals surface area contributed by atoms with Crippen molar-refractivity contribution in [3.8, 4) is 0 Å². The van der Waals surface area contributed by atoms with Crippen molar-refractivity contribution < 1.29 is 14.4 Å². The lowest BCUT2D eigenvalue weighted by molar-refractivity contribution is -0.118. The van der Waals surface area contributed by atoms with Crippen LogP contribution in [0.15, 0.2) is 0 Å². The summed E-state index contributed by atoms with van der Waals surface area (Å²) in [5.74, 6) is 4.53. The highest BCUT2D eigenvalue weighted by Crippen LogP contribution is 2.19. The molecule has 0 aromatic heterocycles. The molecule has 0 atom stereocenters. The Morgan fingerprint density at radius 1 is 0.333 bits per heavy atom. The zero-order valence-corrected chi connectivity index (χ0v) is 43.3. The Balaban J connectivity index is 4.30. The lowest BCUT2D eigenvalue weighted by atomic mass is 10.1. The summed E-state index contributed by atoms with van der Waals surface area (Å²) in [4.78, 5) is 38.5. The molecule has 0 saturated carbocycles. The fourth-order valence-electron chi connectivity index (χ4n) is 7.55. The van der Waals surface area contributed by atoms with Crippen LogP contribution in [0.5, 0.6) is 0 Å². The molecular formula is C51H100N2O3S4. The number of hydrogen-bond acceptors (Lipinski definition) is 7. The smallest absolute Gasteiger partial charge is 0.230 e. The van der Waals surface area contributed by atoms with Crippen LogP contribution in [-0.4, -0.2) is 69.8 Å². The number of hydrogen-bond donors (Lipinski definition) is 2. The highest BCUT2D eigenvalue weighted by molar-refractivity contribution is 8.16. The zero-order valence-electron chi connectivity index (χ0n) is 40.0. The number of nitrogens with one attached hydrogen (secondary N) is 2. The number of carbonyl (C=O) groups excluding carboxylic acids is 3. The molecule has 0 aliphatic carbocycles. The summed E-state index contributed by atoms with van der Waals surface area (Å²) in [7, 11) is 0. The minimum Gasteiger partial charge on any atom is -0.354 e. The largest absolute Gasteiger partial charge is 0.354 e. The van der Waals surface area contributed by atoms with Gasteiger partial charge in [-0.3, -0.25) is 14.4 Å². The first-order chi connectivity index (χ1) is 29.5. The summed E-state index contributed by atoms with van der Waals surface area (Å²) in [6.07, 6.45) is 48.4. The molecule has 0 rings (SSSR count). The summed E-state index contributed by atoms with van der Waals surface area (Å²) in [5.41, 5.74) is 0. The minimum atomic E-state index is -0.152. The van der Waals surface area contributed by atoms with Crippen molar-refractivity contribution in [2.75, 3.05) is 47.6 Å². The molecule has 0 radical (unpaired) electrons. The van der Waals surface area contributed by atoms with Crippen LogP contribution < -0.4 is 10.6 Å². The van der Waals surface area contributed by atoms with Crippen LogP contribution in [-0.2, 0) is 14.4 Å². The van der Waals surface area contributed by atoms with Crippen molar-refractivity contribution >= 4 is 64.0 Å². The maximum atomic E-state index is 13.0. The molecule has 0 aromatic rings. The highest BCUT2D eigenvalue weighted by Gasteiger charge is 2.17. The van der Waals surface area contributed by atoms with Crippen LogP contribution in [0.2, 0.25) is 0 Å². The van der Waals surface area contributed by atoms with E-state index in [1.165, 1.54) is 243 Å². The van der Waals surface area contributed by atoms with Gasteiger partial charge in [-0.15, -0.1) is 0 Å². The normalized spacial score (nSPS) is 11.5. The summed E-state index contributed by atoms with van der Waals surface area (Å²) >= 11 is 6.47. The molecule has 0 aliphatic heterocycles. The Bertz CT molecular complexity index is 864. The van der Waals surface area contributed by atoms with Gasteiger partial charge >= 0.3 is 0 Å². The van der Waals surface area contributed by atoms with Crippen molar-refractivity contribution in [1.29, 1.82) is 0 Å². The van der Waals surface area contributed by atoms with Gasteiger partial charge in [-0.2, -0.15) is 35.3 Å². The van der Waals surface area contributed by atoms with Gasteiger partial charge in [0.2, 0.25) is 11.8 Å². The van der Waals surface area contributed by atoms with Crippen LogP contribution in [0, 0.1) is 0 Å². The minimum absolute atomic E-state index is 0.0302. The van der Waals surface area contributed by atoms with Gasteiger partial charge in [0.1, 0.15) is 0 Å². The molecule has 9 heteroatoms. The zero-order chi connectivity index (χ0) is 43.7. The summed E-state index contributed by atoms with van der Waals surface area (Å²) in [6, 6.07) is 0. The monoisotopic (exact) mass is 917 g/mol. The SMILES string of the molecule is CCCCCCCCCCCCCCSCC(=O)NCC(CNC(=O)CSCCCCCCCCCCCCCC)SC(=O)CSCCCCCCCCCCCCCC. The molecule has 2 amide bonds.